The second-order valence-electron chi connectivity index (χ2n) is 8.25. The lowest BCUT2D eigenvalue weighted by atomic mass is 9.99. The zero-order chi connectivity index (χ0) is 23.1. The van der Waals surface area contributed by atoms with Crippen LogP contribution >= 0.6 is 11.6 Å². The molecular formula is C25H31ClN2O3S. The smallest absolute Gasteiger partial charge is 0.243 e. The van der Waals surface area contributed by atoms with Gasteiger partial charge in [0.25, 0.3) is 0 Å². The minimum atomic E-state index is -1.26. The van der Waals surface area contributed by atoms with Gasteiger partial charge in [0, 0.05) is 10.6 Å². The van der Waals surface area contributed by atoms with E-state index in [0.29, 0.717) is 10.8 Å². The van der Waals surface area contributed by atoms with E-state index in [0.717, 1.165) is 36.8 Å². The van der Waals surface area contributed by atoms with Crippen molar-refractivity contribution < 1.29 is 14.1 Å². The lowest BCUT2D eigenvalue weighted by molar-refractivity contribution is -0.150. The number of nitrogens with one attached hydrogen (secondary N) is 1. The van der Waals surface area contributed by atoms with Crippen molar-refractivity contribution in [1.29, 1.82) is 0 Å². The third-order valence-corrected chi connectivity index (χ3v) is 7.76. The molecule has 4 unspecified atom stereocenters. The Morgan fingerprint density at radius 3 is 2.50 bits per heavy atom. The topological polar surface area (TPSA) is 72.5 Å². The Morgan fingerprint density at radius 1 is 1.19 bits per heavy atom. The zero-order valence-corrected chi connectivity index (χ0v) is 20.2. The molecule has 172 valence electrons. The van der Waals surface area contributed by atoms with E-state index in [4.69, 9.17) is 11.6 Å². The molecule has 0 aliphatic carbocycles. The van der Waals surface area contributed by atoms with Crippen molar-refractivity contribution in [2.24, 2.45) is 0 Å². The van der Waals surface area contributed by atoms with E-state index in [2.05, 4.69) is 12.2 Å². The molecule has 0 spiro atoms. The Bertz CT molecular complexity index is 894. The highest BCUT2D eigenvalue weighted by Gasteiger charge is 2.48. The van der Waals surface area contributed by atoms with Crippen molar-refractivity contribution >= 4 is 34.6 Å². The first kappa shape index (κ1) is 24.6. The number of amides is 2. The van der Waals surface area contributed by atoms with Crippen molar-refractivity contribution in [3.63, 3.8) is 0 Å². The van der Waals surface area contributed by atoms with E-state index in [-0.39, 0.29) is 24.3 Å². The van der Waals surface area contributed by atoms with Gasteiger partial charge in [0.1, 0.15) is 11.8 Å². The molecule has 2 amide bonds. The summed E-state index contributed by atoms with van der Waals surface area (Å²) in [6.07, 6.45) is 4.19. The number of carbonyl (C=O) groups is 2. The summed E-state index contributed by atoms with van der Waals surface area (Å²) in [6.45, 7) is 3.85. The van der Waals surface area contributed by atoms with Gasteiger partial charge in [-0.05, 0) is 42.2 Å². The fourth-order valence-corrected chi connectivity index (χ4v) is 5.68. The van der Waals surface area contributed by atoms with Crippen LogP contribution in [0.3, 0.4) is 0 Å². The monoisotopic (exact) mass is 474 g/mol. The highest BCUT2D eigenvalue weighted by atomic mass is 35.5. The van der Waals surface area contributed by atoms with Crippen LogP contribution in [0.25, 0.3) is 0 Å². The van der Waals surface area contributed by atoms with Crippen LogP contribution in [0.5, 0.6) is 0 Å². The van der Waals surface area contributed by atoms with Crippen LogP contribution in [0.4, 0.5) is 0 Å². The summed E-state index contributed by atoms with van der Waals surface area (Å²) in [4.78, 5) is 26.9. The molecule has 1 heterocycles. The molecule has 1 aliphatic rings. The molecule has 1 fully saturated rings. The molecular weight excluding hydrogens is 444 g/mol. The van der Waals surface area contributed by atoms with Crippen molar-refractivity contribution in [2.75, 3.05) is 0 Å². The summed E-state index contributed by atoms with van der Waals surface area (Å²) in [7, 11) is 0. The Kier molecular flexibility index (Phi) is 9.02. The highest BCUT2D eigenvalue weighted by Crippen LogP contribution is 2.30. The van der Waals surface area contributed by atoms with Crippen molar-refractivity contribution in [1.82, 2.24) is 10.2 Å². The van der Waals surface area contributed by atoms with Crippen molar-refractivity contribution in [2.45, 2.75) is 69.2 Å². The average Bonchev–Trinajstić information content (AvgIpc) is 2.77. The fourth-order valence-electron chi connectivity index (χ4n) is 3.96. The lowest BCUT2D eigenvalue weighted by Gasteiger charge is -2.43. The molecule has 0 bridgehead atoms. The van der Waals surface area contributed by atoms with E-state index in [9.17, 15) is 14.1 Å². The van der Waals surface area contributed by atoms with Crippen LogP contribution in [0.15, 0.2) is 54.6 Å². The predicted octanol–water partition coefficient (Wildman–Crippen LogP) is 4.97. The van der Waals surface area contributed by atoms with Crippen LogP contribution < -0.4 is 5.32 Å². The first-order chi connectivity index (χ1) is 15.4. The first-order valence-corrected chi connectivity index (χ1v) is 12.9. The fraction of sp³-hybridized carbons (Fsp3) is 0.440. The average molecular weight is 475 g/mol. The number of β-lactam (4-membered cyclic amide) rings is 1. The van der Waals surface area contributed by atoms with Crippen LogP contribution in [0.1, 0.15) is 63.1 Å². The Balaban J connectivity index is 1.65. The largest absolute Gasteiger partial charge is 0.614 e. The normalized spacial score (nSPS) is 18.6. The first-order valence-electron chi connectivity index (χ1n) is 11.2. The van der Waals surface area contributed by atoms with Crippen LogP contribution in [-0.2, 0) is 26.5 Å². The second kappa shape index (κ2) is 11.7. The summed E-state index contributed by atoms with van der Waals surface area (Å²) in [5.41, 5.74) is 1.95. The second-order valence-corrected chi connectivity index (χ2v) is 10.3. The number of carbonyl (C=O) groups excluding carboxylic acids is 2. The van der Waals surface area contributed by atoms with E-state index >= 15 is 0 Å². The van der Waals surface area contributed by atoms with E-state index in [1.165, 1.54) is 4.90 Å². The predicted molar refractivity (Wildman–Crippen MR) is 129 cm³/mol. The van der Waals surface area contributed by atoms with Gasteiger partial charge in [0.2, 0.25) is 11.8 Å². The highest BCUT2D eigenvalue weighted by molar-refractivity contribution is 7.91. The number of halogens is 1. The molecule has 32 heavy (non-hydrogen) atoms. The number of nitrogens with zero attached hydrogens (tertiary/aromatic N) is 1. The quantitative estimate of drug-likeness (QED) is 0.284. The maximum absolute atomic E-state index is 13.1. The Morgan fingerprint density at radius 2 is 1.88 bits per heavy atom. The molecule has 1 N–H and O–H groups in total. The minimum Gasteiger partial charge on any atom is -0.614 e. The molecule has 2 aromatic carbocycles. The zero-order valence-electron chi connectivity index (χ0n) is 18.6. The minimum absolute atomic E-state index is 0.131. The third-order valence-electron chi connectivity index (χ3n) is 5.88. The molecule has 3 rings (SSSR count). The van der Waals surface area contributed by atoms with Crippen molar-refractivity contribution in [3.8, 4) is 0 Å². The lowest BCUT2D eigenvalue weighted by Crippen LogP contribution is -2.63. The standard InChI is InChI=1S/C25H31ClN2O3S/c1-3-4-6-11-22(20-12-14-21(26)15-13-20)27-25(30)18(2)28-23(29)16-24(28)32(31)17-19-9-7-5-8-10-19/h5,7-10,12-15,18,22,24H,3-4,6,11,16-17H2,1-2H3,(H,27,30). The number of hydrogen-bond acceptors (Lipinski definition) is 3. The Hall–Kier alpha value is -2.02. The van der Waals surface area contributed by atoms with Gasteiger partial charge in [-0.3, -0.25) is 14.5 Å². The number of hydrogen-bond donors (Lipinski definition) is 1. The van der Waals surface area contributed by atoms with Gasteiger partial charge in [-0.1, -0.05) is 80.3 Å². The maximum atomic E-state index is 13.1. The van der Waals surface area contributed by atoms with Gasteiger partial charge >= 0.3 is 0 Å². The van der Waals surface area contributed by atoms with Gasteiger partial charge in [-0.25, -0.2) is 0 Å². The molecule has 7 heteroatoms. The number of unbranched alkanes of at least 4 members (excludes halogenated alkanes) is 2. The van der Waals surface area contributed by atoms with Gasteiger partial charge in [-0.2, -0.15) is 0 Å². The molecule has 2 aromatic rings. The summed E-state index contributed by atoms with van der Waals surface area (Å²) < 4.78 is 12.9. The van der Waals surface area contributed by atoms with Crippen LogP contribution in [0, 0.1) is 0 Å². The van der Waals surface area contributed by atoms with E-state index < -0.39 is 22.6 Å². The summed E-state index contributed by atoms with van der Waals surface area (Å²) >= 11 is 4.76. The van der Waals surface area contributed by atoms with Gasteiger partial charge in [0.05, 0.1) is 12.5 Å². The number of rotatable bonds is 11. The number of likely N-dealkylation sites (tertiary alicyclic amines) is 1. The molecule has 1 saturated heterocycles. The van der Waals surface area contributed by atoms with Gasteiger partial charge in [-0.15, -0.1) is 0 Å². The molecule has 1 aliphatic heterocycles. The van der Waals surface area contributed by atoms with Gasteiger partial charge in [0.15, 0.2) is 5.37 Å². The SMILES string of the molecule is CCCCCC(NC(=O)C(C)N1C(=O)CC1[S+]([O-])Cc1ccccc1)c1ccc(Cl)cc1. The summed E-state index contributed by atoms with van der Waals surface area (Å²) in [6, 6.07) is 16.2. The van der Waals surface area contributed by atoms with E-state index in [1.807, 2.05) is 54.6 Å². The maximum Gasteiger partial charge on any atom is 0.243 e. The molecule has 0 radical (unpaired) electrons. The van der Waals surface area contributed by atoms with Crippen LogP contribution in [-0.4, -0.2) is 32.7 Å². The molecule has 5 nitrogen and oxygen atoms in total. The number of benzene rings is 2. The van der Waals surface area contributed by atoms with Crippen LogP contribution in [0.2, 0.25) is 5.02 Å². The Labute approximate surface area is 198 Å². The molecule has 0 aromatic heterocycles. The van der Waals surface area contributed by atoms with Crippen molar-refractivity contribution in [3.05, 3.63) is 70.7 Å². The third kappa shape index (κ3) is 6.27. The molecule has 4 atom stereocenters. The summed E-state index contributed by atoms with van der Waals surface area (Å²) in [5.74, 6) is 0.0120. The molecule has 0 saturated carbocycles. The summed E-state index contributed by atoms with van der Waals surface area (Å²) in [5, 5.41) is 3.33. The van der Waals surface area contributed by atoms with E-state index in [1.54, 1.807) is 6.92 Å². The van der Waals surface area contributed by atoms with Gasteiger partial charge < -0.3 is 9.87 Å².